The number of carbonyl (C=O) groups is 1. The number of nitrogens with zero attached hydrogens (tertiary/aromatic N) is 2. The Morgan fingerprint density at radius 3 is 2.29 bits per heavy atom. The molecule has 1 amide bonds. The minimum absolute atomic E-state index is 0.142. The number of thiophene rings is 1. The zero-order valence-corrected chi connectivity index (χ0v) is 21.6. The predicted molar refractivity (Wildman–Crippen MR) is 139 cm³/mol. The molecule has 2 heterocycles. The van der Waals surface area contributed by atoms with E-state index in [2.05, 4.69) is 0 Å². The van der Waals surface area contributed by atoms with Gasteiger partial charge < -0.3 is 9.64 Å². The molecule has 6 nitrogen and oxygen atoms in total. The summed E-state index contributed by atoms with van der Waals surface area (Å²) in [5, 5.41) is 2.02. The molecule has 1 unspecified atom stereocenters. The summed E-state index contributed by atoms with van der Waals surface area (Å²) in [6.45, 7) is 3.52. The average molecular weight is 513 g/mol. The molecule has 1 aromatic heterocycles. The van der Waals surface area contributed by atoms with Gasteiger partial charge in [0.05, 0.1) is 24.9 Å². The van der Waals surface area contributed by atoms with Crippen molar-refractivity contribution in [3.8, 4) is 0 Å². The molecule has 0 radical (unpaired) electrons. The SMILES string of the molecule is Cc1ccsc1CN(Cc1ccccc1)C(=O)CN(CC1CCCO1)S(=O)(=O)Cc1ccccc1. The first kappa shape index (κ1) is 25.6. The van der Waals surface area contributed by atoms with Crippen LogP contribution in [0.25, 0.3) is 0 Å². The lowest BCUT2D eigenvalue weighted by molar-refractivity contribution is -0.132. The maximum absolute atomic E-state index is 13.7. The molecule has 1 fully saturated rings. The van der Waals surface area contributed by atoms with Gasteiger partial charge >= 0.3 is 0 Å². The van der Waals surface area contributed by atoms with Crippen LogP contribution in [0.2, 0.25) is 0 Å². The number of aryl methyl sites for hydroxylation is 1. The molecule has 8 heteroatoms. The topological polar surface area (TPSA) is 66.9 Å². The lowest BCUT2D eigenvalue weighted by Gasteiger charge is -2.28. The summed E-state index contributed by atoms with van der Waals surface area (Å²) in [4.78, 5) is 16.5. The molecule has 4 rings (SSSR count). The lowest BCUT2D eigenvalue weighted by Crippen LogP contribution is -2.45. The summed E-state index contributed by atoms with van der Waals surface area (Å²) in [5.41, 5.74) is 2.84. The van der Waals surface area contributed by atoms with E-state index in [-0.39, 0.29) is 30.9 Å². The molecule has 1 aliphatic heterocycles. The number of ether oxygens (including phenoxy) is 1. The largest absolute Gasteiger partial charge is 0.377 e. The van der Waals surface area contributed by atoms with Crippen molar-refractivity contribution >= 4 is 27.3 Å². The van der Waals surface area contributed by atoms with Gasteiger partial charge in [0.2, 0.25) is 15.9 Å². The van der Waals surface area contributed by atoms with Crippen LogP contribution >= 0.6 is 11.3 Å². The molecule has 0 spiro atoms. The van der Waals surface area contributed by atoms with Gasteiger partial charge in [0.15, 0.2) is 0 Å². The average Bonchev–Trinajstić information content (AvgIpc) is 3.51. The highest BCUT2D eigenvalue weighted by molar-refractivity contribution is 7.88. The van der Waals surface area contributed by atoms with Gasteiger partial charge in [0.1, 0.15) is 0 Å². The summed E-state index contributed by atoms with van der Waals surface area (Å²) in [5.74, 6) is -0.354. The van der Waals surface area contributed by atoms with E-state index in [1.165, 1.54) is 4.31 Å². The van der Waals surface area contributed by atoms with Crippen LogP contribution in [-0.4, -0.2) is 49.3 Å². The third-order valence-electron chi connectivity index (χ3n) is 6.20. The molecule has 1 atom stereocenters. The third kappa shape index (κ3) is 7.24. The normalized spacial score (nSPS) is 16.0. The molecule has 3 aromatic rings. The van der Waals surface area contributed by atoms with Crippen molar-refractivity contribution in [3.63, 3.8) is 0 Å². The quantitative estimate of drug-likeness (QED) is 0.377. The first-order valence-electron chi connectivity index (χ1n) is 11.9. The number of benzene rings is 2. The second kappa shape index (κ2) is 11.9. The van der Waals surface area contributed by atoms with Crippen molar-refractivity contribution < 1.29 is 17.9 Å². The van der Waals surface area contributed by atoms with Crippen LogP contribution in [0.4, 0.5) is 0 Å². The van der Waals surface area contributed by atoms with Gasteiger partial charge in [-0.2, -0.15) is 4.31 Å². The van der Waals surface area contributed by atoms with Crippen molar-refractivity contribution in [2.75, 3.05) is 19.7 Å². The Morgan fingerprint density at radius 2 is 1.69 bits per heavy atom. The molecule has 0 saturated carbocycles. The van der Waals surface area contributed by atoms with Crippen LogP contribution in [0.15, 0.2) is 72.1 Å². The third-order valence-corrected chi connectivity index (χ3v) is 8.97. The number of rotatable bonds is 11. The fourth-order valence-corrected chi connectivity index (χ4v) is 6.61. The summed E-state index contributed by atoms with van der Waals surface area (Å²) in [7, 11) is -3.73. The summed E-state index contributed by atoms with van der Waals surface area (Å²) in [6, 6.07) is 20.9. The summed E-state index contributed by atoms with van der Waals surface area (Å²) in [6.07, 6.45) is 1.52. The van der Waals surface area contributed by atoms with Gasteiger partial charge in [-0.15, -0.1) is 11.3 Å². The highest BCUT2D eigenvalue weighted by Gasteiger charge is 2.31. The molecule has 1 aliphatic rings. The minimum Gasteiger partial charge on any atom is -0.377 e. The van der Waals surface area contributed by atoms with E-state index in [0.29, 0.717) is 25.3 Å². The van der Waals surface area contributed by atoms with Crippen molar-refractivity contribution in [1.29, 1.82) is 0 Å². The van der Waals surface area contributed by atoms with Crippen LogP contribution in [-0.2, 0) is 38.4 Å². The maximum Gasteiger partial charge on any atom is 0.238 e. The Kier molecular flexibility index (Phi) is 8.73. The molecule has 0 aliphatic carbocycles. The lowest BCUT2D eigenvalue weighted by atomic mass is 10.2. The number of hydrogen-bond acceptors (Lipinski definition) is 5. The van der Waals surface area contributed by atoms with Crippen molar-refractivity contribution in [1.82, 2.24) is 9.21 Å². The number of hydrogen-bond donors (Lipinski definition) is 0. The van der Waals surface area contributed by atoms with Crippen molar-refractivity contribution in [3.05, 3.63) is 93.7 Å². The van der Waals surface area contributed by atoms with Crippen molar-refractivity contribution in [2.45, 2.75) is 44.7 Å². The first-order chi connectivity index (χ1) is 16.9. The van der Waals surface area contributed by atoms with Crippen LogP contribution in [0.5, 0.6) is 0 Å². The molecule has 0 N–H and O–H groups in total. The van der Waals surface area contributed by atoms with Crippen LogP contribution < -0.4 is 0 Å². The highest BCUT2D eigenvalue weighted by atomic mass is 32.2. The second-order valence-electron chi connectivity index (χ2n) is 8.93. The smallest absolute Gasteiger partial charge is 0.238 e. The first-order valence-corrected chi connectivity index (χ1v) is 14.4. The summed E-state index contributed by atoms with van der Waals surface area (Å²) >= 11 is 1.61. The molecular formula is C27H32N2O4S2. The maximum atomic E-state index is 13.7. The van der Waals surface area contributed by atoms with Gasteiger partial charge in [-0.3, -0.25) is 4.79 Å². The van der Waals surface area contributed by atoms with Crippen LogP contribution in [0, 0.1) is 6.92 Å². The van der Waals surface area contributed by atoms with Crippen molar-refractivity contribution in [2.24, 2.45) is 0 Å². The second-order valence-corrected chi connectivity index (χ2v) is 11.9. The van der Waals surface area contributed by atoms with E-state index in [9.17, 15) is 13.2 Å². The van der Waals surface area contributed by atoms with E-state index in [1.807, 2.05) is 66.9 Å². The van der Waals surface area contributed by atoms with E-state index >= 15 is 0 Å². The fourth-order valence-electron chi connectivity index (χ4n) is 4.19. The predicted octanol–water partition coefficient (Wildman–Crippen LogP) is 4.60. The van der Waals surface area contributed by atoms with Crippen LogP contribution in [0.1, 0.15) is 34.4 Å². The van der Waals surface area contributed by atoms with Gasteiger partial charge in [-0.05, 0) is 47.9 Å². The van der Waals surface area contributed by atoms with Gasteiger partial charge in [0.25, 0.3) is 0 Å². The monoisotopic (exact) mass is 512 g/mol. The minimum atomic E-state index is -3.73. The molecule has 1 saturated heterocycles. The standard InChI is InChI=1S/C27H32N2O4S2/c1-22-14-16-34-26(22)19-28(17-23-9-4-2-5-10-23)27(30)20-29(18-25-13-8-15-33-25)35(31,32)21-24-11-6-3-7-12-24/h2-7,9-12,14,16,25H,8,13,15,17-21H2,1H3. The van der Waals surface area contributed by atoms with E-state index in [1.54, 1.807) is 28.4 Å². The number of amides is 1. The van der Waals surface area contributed by atoms with E-state index in [4.69, 9.17) is 4.74 Å². The van der Waals surface area contributed by atoms with Gasteiger partial charge in [0, 0.05) is 24.6 Å². The fraction of sp³-hybridized carbons (Fsp3) is 0.370. The zero-order chi connectivity index (χ0) is 24.7. The van der Waals surface area contributed by atoms with Crippen LogP contribution in [0.3, 0.4) is 0 Å². The highest BCUT2D eigenvalue weighted by Crippen LogP contribution is 2.22. The van der Waals surface area contributed by atoms with E-state index < -0.39 is 10.0 Å². The Labute approximate surface area is 212 Å². The Hall–Kier alpha value is -2.52. The summed E-state index contributed by atoms with van der Waals surface area (Å²) < 4.78 is 34.0. The molecule has 2 aromatic carbocycles. The molecule has 35 heavy (non-hydrogen) atoms. The molecular weight excluding hydrogens is 480 g/mol. The zero-order valence-electron chi connectivity index (χ0n) is 20.0. The number of sulfonamides is 1. The van der Waals surface area contributed by atoms with Gasteiger partial charge in [-0.1, -0.05) is 60.7 Å². The van der Waals surface area contributed by atoms with E-state index in [0.717, 1.165) is 28.8 Å². The molecule has 0 bridgehead atoms. The molecule has 186 valence electrons. The number of carbonyl (C=O) groups excluding carboxylic acids is 1. The Morgan fingerprint density at radius 1 is 1.00 bits per heavy atom. The Bertz CT molecular complexity index is 1190. The Balaban J connectivity index is 1.56. The van der Waals surface area contributed by atoms with Gasteiger partial charge in [-0.25, -0.2) is 8.42 Å².